The van der Waals surface area contributed by atoms with Gasteiger partial charge in [-0.05, 0) is 56.2 Å². The van der Waals surface area contributed by atoms with E-state index in [-0.39, 0.29) is 45.5 Å². The molecular formula is C34H35Cl2N3O4S. The maximum Gasteiger partial charge on any atom is 0.264 e. The first-order chi connectivity index (χ1) is 21.0. The van der Waals surface area contributed by atoms with Crippen molar-refractivity contribution in [2.45, 2.75) is 50.7 Å². The van der Waals surface area contributed by atoms with Gasteiger partial charge in [-0.15, -0.1) is 0 Å². The first-order valence-electron chi connectivity index (χ1n) is 14.2. The summed E-state index contributed by atoms with van der Waals surface area (Å²) < 4.78 is 29.2. The van der Waals surface area contributed by atoms with E-state index in [4.69, 9.17) is 23.2 Å². The Morgan fingerprint density at radius 1 is 0.795 bits per heavy atom. The first kappa shape index (κ1) is 33.1. The van der Waals surface area contributed by atoms with Crippen molar-refractivity contribution in [3.8, 4) is 0 Å². The number of rotatable bonds is 12. The molecule has 44 heavy (non-hydrogen) atoms. The van der Waals surface area contributed by atoms with Crippen molar-refractivity contribution in [3.63, 3.8) is 0 Å². The fourth-order valence-corrected chi connectivity index (χ4v) is 6.62. The number of hydrogen-bond acceptors (Lipinski definition) is 4. The minimum atomic E-state index is -4.29. The molecular weight excluding hydrogens is 617 g/mol. The minimum Gasteiger partial charge on any atom is -0.352 e. The standard InChI is InChI=1S/C34H35Cl2N3O4S/c1-24(2)37-34(41)31(21-26-11-6-4-7-12-26)38(22-27-13-8-5-9-14-27)32(40)23-39(30-16-10-15-29(35)33(30)36)44(42,43)28-19-17-25(3)18-20-28/h4-20,24,31H,21-23H2,1-3H3,(H,37,41). The third-order valence-electron chi connectivity index (χ3n) is 6.99. The van der Waals surface area contributed by atoms with Crippen LogP contribution >= 0.6 is 23.2 Å². The van der Waals surface area contributed by atoms with Crippen LogP contribution in [0.5, 0.6) is 0 Å². The molecule has 2 amide bonds. The zero-order valence-electron chi connectivity index (χ0n) is 24.8. The van der Waals surface area contributed by atoms with Gasteiger partial charge in [-0.2, -0.15) is 0 Å². The molecule has 0 spiro atoms. The number of benzene rings is 4. The zero-order valence-corrected chi connectivity index (χ0v) is 27.1. The summed E-state index contributed by atoms with van der Waals surface area (Å²) in [6, 6.07) is 28.5. The molecule has 0 heterocycles. The van der Waals surface area contributed by atoms with Crippen LogP contribution in [0.25, 0.3) is 0 Å². The third-order valence-corrected chi connectivity index (χ3v) is 9.57. The molecule has 1 unspecified atom stereocenters. The molecule has 4 aromatic rings. The molecule has 1 atom stereocenters. The Morgan fingerprint density at radius 3 is 1.98 bits per heavy atom. The summed E-state index contributed by atoms with van der Waals surface area (Å²) in [5.41, 5.74) is 2.56. The number of halogens is 2. The van der Waals surface area contributed by atoms with E-state index < -0.39 is 28.5 Å². The van der Waals surface area contributed by atoms with Crippen molar-refractivity contribution < 1.29 is 18.0 Å². The lowest BCUT2D eigenvalue weighted by molar-refractivity contribution is -0.140. The third kappa shape index (κ3) is 8.20. The number of nitrogens with one attached hydrogen (secondary N) is 1. The highest BCUT2D eigenvalue weighted by Gasteiger charge is 2.35. The quantitative estimate of drug-likeness (QED) is 0.186. The average molecular weight is 653 g/mol. The Balaban J connectivity index is 1.82. The molecule has 0 bridgehead atoms. The van der Waals surface area contributed by atoms with Crippen LogP contribution in [0.15, 0.2) is 108 Å². The van der Waals surface area contributed by atoms with Gasteiger partial charge in [0.2, 0.25) is 11.8 Å². The fraction of sp³-hybridized carbons (Fsp3) is 0.235. The predicted octanol–water partition coefficient (Wildman–Crippen LogP) is 6.66. The molecule has 1 N–H and O–H groups in total. The van der Waals surface area contributed by atoms with Crippen LogP contribution in [0.2, 0.25) is 10.0 Å². The van der Waals surface area contributed by atoms with Gasteiger partial charge in [0, 0.05) is 19.0 Å². The molecule has 230 valence electrons. The second-order valence-electron chi connectivity index (χ2n) is 10.8. The van der Waals surface area contributed by atoms with Gasteiger partial charge in [0.15, 0.2) is 0 Å². The van der Waals surface area contributed by atoms with E-state index >= 15 is 0 Å². The monoisotopic (exact) mass is 651 g/mol. The number of amides is 2. The van der Waals surface area contributed by atoms with E-state index in [1.165, 1.54) is 23.1 Å². The molecule has 0 aromatic heterocycles. The van der Waals surface area contributed by atoms with Gasteiger partial charge in [0.1, 0.15) is 12.6 Å². The predicted molar refractivity (Wildman–Crippen MR) is 176 cm³/mol. The molecule has 0 saturated heterocycles. The van der Waals surface area contributed by atoms with E-state index in [0.29, 0.717) is 0 Å². The summed E-state index contributed by atoms with van der Waals surface area (Å²) in [6.07, 6.45) is 0.223. The first-order valence-corrected chi connectivity index (χ1v) is 16.4. The smallest absolute Gasteiger partial charge is 0.264 e. The molecule has 0 saturated carbocycles. The summed E-state index contributed by atoms with van der Waals surface area (Å²) in [6.45, 7) is 4.99. The van der Waals surface area contributed by atoms with Crippen LogP contribution in [-0.2, 0) is 32.6 Å². The van der Waals surface area contributed by atoms with Gasteiger partial charge in [-0.25, -0.2) is 8.42 Å². The fourth-order valence-electron chi connectivity index (χ4n) is 4.75. The van der Waals surface area contributed by atoms with Crippen LogP contribution in [0.1, 0.15) is 30.5 Å². The van der Waals surface area contributed by atoms with E-state index in [1.54, 1.807) is 24.3 Å². The van der Waals surface area contributed by atoms with Crippen LogP contribution in [0.3, 0.4) is 0 Å². The summed E-state index contributed by atoms with van der Waals surface area (Å²) in [5.74, 6) is -0.928. The Hall–Kier alpha value is -3.85. The lowest BCUT2D eigenvalue weighted by atomic mass is 10.0. The SMILES string of the molecule is Cc1ccc(S(=O)(=O)N(CC(=O)N(Cc2ccccc2)C(Cc2ccccc2)C(=O)NC(C)C)c2cccc(Cl)c2Cl)cc1. The number of anilines is 1. The van der Waals surface area contributed by atoms with Crippen molar-refractivity contribution in [2.75, 3.05) is 10.8 Å². The van der Waals surface area contributed by atoms with Crippen molar-refractivity contribution >= 4 is 50.7 Å². The van der Waals surface area contributed by atoms with Crippen LogP contribution in [0.4, 0.5) is 5.69 Å². The molecule has 4 aromatic carbocycles. The van der Waals surface area contributed by atoms with E-state index in [2.05, 4.69) is 5.32 Å². The van der Waals surface area contributed by atoms with Gasteiger partial charge in [-0.3, -0.25) is 13.9 Å². The lowest BCUT2D eigenvalue weighted by Gasteiger charge is -2.34. The van der Waals surface area contributed by atoms with Gasteiger partial charge < -0.3 is 10.2 Å². The van der Waals surface area contributed by atoms with Crippen LogP contribution in [-0.4, -0.2) is 43.8 Å². The average Bonchev–Trinajstić information content (AvgIpc) is 3.00. The van der Waals surface area contributed by atoms with Gasteiger partial charge in [-0.1, -0.05) is 108 Å². The molecule has 0 aliphatic carbocycles. The summed E-state index contributed by atoms with van der Waals surface area (Å²) in [4.78, 5) is 29.6. The molecule has 0 radical (unpaired) electrons. The minimum absolute atomic E-state index is 0.00866. The van der Waals surface area contributed by atoms with Crippen LogP contribution < -0.4 is 9.62 Å². The second-order valence-corrected chi connectivity index (χ2v) is 13.4. The summed E-state index contributed by atoms with van der Waals surface area (Å²) in [7, 11) is -4.29. The van der Waals surface area contributed by atoms with E-state index in [0.717, 1.165) is 21.0 Å². The highest BCUT2D eigenvalue weighted by atomic mass is 35.5. The topological polar surface area (TPSA) is 86.8 Å². The number of hydrogen-bond donors (Lipinski definition) is 1. The van der Waals surface area contributed by atoms with Gasteiger partial charge in [0.25, 0.3) is 10.0 Å². The van der Waals surface area contributed by atoms with Gasteiger partial charge in [0.05, 0.1) is 20.6 Å². The highest BCUT2D eigenvalue weighted by molar-refractivity contribution is 7.92. The summed E-state index contributed by atoms with van der Waals surface area (Å²) >= 11 is 12.9. The van der Waals surface area contributed by atoms with Crippen molar-refractivity contribution in [1.29, 1.82) is 0 Å². The second kappa shape index (κ2) is 14.8. The maximum absolute atomic E-state index is 14.4. The Labute approximate surface area is 269 Å². The van der Waals surface area contributed by atoms with Crippen molar-refractivity contribution in [1.82, 2.24) is 10.2 Å². The largest absolute Gasteiger partial charge is 0.352 e. The van der Waals surface area contributed by atoms with Crippen molar-refractivity contribution in [2.24, 2.45) is 0 Å². The van der Waals surface area contributed by atoms with Gasteiger partial charge >= 0.3 is 0 Å². The Kier molecular flexibility index (Phi) is 11.1. The van der Waals surface area contributed by atoms with E-state index in [1.807, 2.05) is 81.4 Å². The van der Waals surface area contributed by atoms with Crippen LogP contribution in [0, 0.1) is 6.92 Å². The van der Waals surface area contributed by atoms with Crippen molar-refractivity contribution in [3.05, 3.63) is 130 Å². The summed E-state index contributed by atoms with van der Waals surface area (Å²) in [5, 5.41) is 3.07. The number of carbonyl (C=O) groups excluding carboxylic acids is 2. The molecule has 10 heteroatoms. The lowest BCUT2D eigenvalue weighted by Crippen LogP contribution is -2.54. The Bertz CT molecular complexity index is 1680. The highest BCUT2D eigenvalue weighted by Crippen LogP contribution is 2.35. The normalized spacial score (nSPS) is 12.0. The molecule has 0 fully saturated rings. The number of sulfonamides is 1. The molecule has 4 rings (SSSR count). The number of nitrogens with zero attached hydrogens (tertiary/aromatic N) is 2. The number of aryl methyl sites for hydroxylation is 1. The number of carbonyl (C=O) groups is 2. The zero-order chi connectivity index (χ0) is 31.9. The molecule has 0 aliphatic heterocycles. The maximum atomic E-state index is 14.4. The Morgan fingerprint density at radius 2 is 1.39 bits per heavy atom. The molecule has 0 aliphatic rings. The molecule has 7 nitrogen and oxygen atoms in total. The van der Waals surface area contributed by atoms with E-state index in [9.17, 15) is 18.0 Å².